The number of nitrogens with zero attached hydrogens (tertiary/aromatic N) is 3. The Morgan fingerprint density at radius 2 is 1.93 bits per heavy atom. The first-order chi connectivity index (χ1) is 12.5. The van der Waals surface area contributed by atoms with Crippen LogP contribution in [0.25, 0.3) is 0 Å². The molecule has 150 valence electrons. The van der Waals surface area contributed by atoms with Crippen LogP contribution in [0.4, 0.5) is 0 Å². The van der Waals surface area contributed by atoms with E-state index >= 15 is 0 Å². The summed E-state index contributed by atoms with van der Waals surface area (Å²) in [7, 11) is 3.98. The molecule has 2 rings (SSSR count). The molecule has 0 fully saturated rings. The molecule has 0 bridgehead atoms. The molecule has 5 nitrogen and oxygen atoms in total. The van der Waals surface area contributed by atoms with Crippen LogP contribution in [0, 0.1) is 13.8 Å². The molecule has 1 heterocycles. The molecule has 0 saturated heterocycles. The molecule has 27 heavy (non-hydrogen) atoms. The van der Waals surface area contributed by atoms with Gasteiger partial charge in [0.1, 0.15) is 5.01 Å². The van der Waals surface area contributed by atoms with Crippen molar-refractivity contribution in [1.29, 1.82) is 0 Å². The van der Waals surface area contributed by atoms with Crippen LogP contribution in [0.1, 0.15) is 34.5 Å². The average molecular weight is 501 g/mol. The number of hydrogen-bond donors (Lipinski definition) is 2. The second-order valence-corrected chi connectivity index (χ2v) is 7.93. The molecule has 0 saturated carbocycles. The number of guanidine groups is 1. The molecule has 0 aliphatic heterocycles. The quantitative estimate of drug-likeness (QED) is 0.327. The lowest BCUT2D eigenvalue weighted by Crippen LogP contribution is -2.39. The number of rotatable bonds is 8. The predicted molar refractivity (Wildman–Crippen MR) is 127 cm³/mol. The summed E-state index contributed by atoms with van der Waals surface area (Å²) in [5, 5.41) is 7.84. The van der Waals surface area contributed by atoms with E-state index in [-0.39, 0.29) is 24.0 Å². The van der Waals surface area contributed by atoms with E-state index in [1.54, 1.807) is 18.4 Å². The second kappa shape index (κ2) is 12.3. The summed E-state index contributed by atoms with van der Waals surface area (Å²) in [5.41, 5.74) is 2.46. The molecular weight excluding hydrogens is 469 g/mol. The van der Waals surface area contributed by atoms with E-state index in [9.17, 15) is 0 Å². The van der Waals surface area contributed by atoms with Crippen molar-refractivity contribution in [2.24, 2.45) is 4.99 Å². The van der Waals surface area contributed by atoms with Gasteiger partial charge in [0, 0.05) is 31.1 Å². The summed E-state index contributed by atoms with van der Waals surface area (Å²) in [6.45, 7) is 8.99. The number of halogens is 1. The van der Waals surface area contributed by atoms with Crippen molar-refractivity contribution in [3.05, 3.63) is 51.5 Å². The molecule has 2 aromatic rings. The van der Waals surface area contributed by atoms with Gasteiger partial charge < -0.3 is 10.6 Å². The summed E-state index contributed by atoms with van der Waals surface area (Å²) < 4.78 is 0. The van der Waals surface area contributed by atoms with Crippen LogP contribution in [0.15, 0.2) is 35.3 Å². The number of aromatic nitrogens is 1. The van der Waals surface area contributed by atoms with Gasteiger partial charge in [-0.3, -0.25) is 9.89 Å². The Morgan fingerprint density at radius 1 is 1.22 bits per heavy atom. The Kier molecular flexibility index (Phi) is 10.9. The largest absolute Gasteiger partial charge is 0.356 e. The van der Waals surface area contributed by atoms with Crippen LogP contribution in [-0.4, -0.2) is 42.5 Å². The zero-order chi connectivity index (χ0) is 18.9. The molecule has 1 aromatic carbocycles. The Morgan fingerprint density at radius 3 is 2.52 bits per heavy atom. The first-order valence-electron chi connectivity index (χ1n) is 9.11. The van der Waals surface area contributed by atoms with Gasteiger partial charge in [-0.05, 0) is 39.8 Å². The first-order valence-corrected chi connectivity index (χ1v) is 9.92. The molecular formula is C20H32IN5S. The zero-order valence-electron chi connectivity index (χ0n) is 17.0. The van der Waals surface area contributed by atoms with Gasteiger partial charge in [-0.15, -0.1) is 35.3 Å². The Hall–Kier alpha value is -1.19. The van der Waals surface area contributed by atoms with Gasteiger partial charge in [0.2, 0.25) is 0 Å². The zero-order valence-corrected chi connectivity index (χ0v) is 20.1. The Balaban J connectivity index is 0.00000364. The molecule has 0 amide bonds. The van der Waals surface area contributed by atoms with Crippen molar-refractivity contribution in [3.8, 4) is 0 Å². The average Bonchev–Trinajstić information content (AvgIpc) is 2.96. The van der Waals surface area contributed by atoms with E-state index in [0.717, 1.165) is 36.2 Å². The van der Waals surface area contributed by atoms with Gasteiger partial charge in [0.05, 0.1) is 12.2 Å². The normalized spacial score (nSPS) is 12.6. The number of thiazole rings is 1. The number of hydrogen-bond acceptors (Lipinski definition) is 4. The summed E-state index contributed by atoms with van der Waals surface area (Å²) in [4.78, 5) is 12.5. The minimum absolute atomic E-state index is 0. The summed E-state index contributed by atoms with van der Waals surface area (Å²) in [5.74, 6) is 0.827. The number of benzene rings is 1. The maximum Gasteiger partial charge on any atom is 0.191 e. The summed E-state index contributed by atoms with van der Waals surface area (Å²) >= 11 is 1.74. The van der Waals surface area contributed by atoms with Crippen LogP contribution >= 0.6 is 35.3 Å². The molecule has 1 aromatic heterocycles. The molecule has 0 aliphatic rings. The Labute approximate surface area is 184 Å². The fraction of sp³-hybridized carbons (Fsp3) is 0.500. The highest BCUT2D eigenvalue weighted by molar-refractivity contribution is 14.0. The molecule has 1 unspecified atom stereocenters. The smallest absolute Gasteiger partial charge is 0.191 e. The van der Waals surface area contributed by atoms with Crippen molar-refractivity contribution in [2.45, 2.75) is 46.3 Å². The highest BCUT2D eigenvalue weighted by Crippen LogP contribution is 2.15. The summed E-state index contributed by atoms with van der Waals surface area (Å²) in [6, 6.07) is 11.1. The van der Waals surface area contributed by atoms with E-state index in [2.05, 4.69) is 83.7 Å². The lowest BCUT2D eigenvalue weighted by Gasteiger charge is -2.25. The van der Waals surface area contributed by atoms with Gasteiger partial charge in [-0.25, -0.2) is 4.98 Å². The van der Waals surface area contributed by atoms with E-state index < -0.39 is 0 Å². The van der Waals surface area contributed by atoms with Gasteiger partial charge in [0.25, 0.3) is 0 Å². The standard InChI is InChI=1S/C20H31N5S.HI/c1-15(25(5)14-18-9-7-6-8-10-18)11-12-22-20(21-4)23-13-19-24-16(2)17(3)26-19;/h6-10,15H,11-14H2,1-5H3,(H2,21,22,23);1H. The van der Waals surface area contributed by atoms with Crippen LogP contribution in [-0.2, 0) is 13.1 Å². The second-order valence-electron chi connectivity index (χ2n) is 6.64. The summed E-state index contributed by atoms with van der Waals surface area (Å²) in [6.07, 6.45) is 1.06. The molecule has 2 N–H and O–H groups in total. The highest BCUT2D eigenvalue weighted by atomic mass is 127. The van der Waals surface area contributed by atoms with Crippen LogP contribution in [0.2, 0.25) is 0 Å². The number of aliphatic imine (C=N–C) groups is 1. The predicted octanol–water partition coefficient (Wildman–Crippen LogP) is 3.95. The van der Waals surface area contributed by atoms with Gasteiger partial charge in [0.15, 0.2) is 5.96 Å². The SMILES string of the molecule is CN=C(NCCC(C)N(C)Cc1ccccc1)NCc1nc(C)c(C)s1.I. The van der Waals surface area contributed by atoms with Crippen molar-refractivity contribution >= 4 is 41.3 Å². The topological polar surface area (TPSA) is 52.6 Å². The van der Waals surface area contributed by atoms with Crippen molar-refractivity contribution in [3.63, 3.8) is 0 Å². The number of aryl methyl sites for hydroxylation is 2. The maximum absolute atomic E-state index is 4.55. The lowest BCUT2D eigenvalue weighted by atomic mass is 10.1. The van der Waals surface area contributed by atoms with E-state index in [4.69, 9.17) is 0 Å². The molecule has 0 radical (unpaired) electrons. The van der Waals surface area contributed by atoms with Crippen molar-refractivity contribution in [2.75, 3.05) is 20.6 Å². The molecule has 0 aliphatic carbocycles. The van der Waals surface area contributed by atoms with Gasteiger partial charge >= 0.3 is 0 Å². The fourth-order valence-corrected chi connectivity index (χ4v) is 3.52. The van der Waals surface area contributed by atoms with Crippen LogP contribution in [0.5, 0.6) is 0 Å². The third-order valence-electron chi connectivity index (χ3n) is 4.59. The number of nitrogens with one attached hydrogen (secondary N) is 2. The Bertz CT molecular complexity index is 682. The lowest BCUT2D eigenvalue weighted by molar-refractivity contribution is 0.238. The maximum atomic E-state index is 4.55. The highest BCUT2D eigenvalue weighted by Gasteiger charge is 2.10. The molecule has 7 heteroatoms. The minimum Gasteiger partial charge on any atom is -0.356 e. The van der Waals surface area contributed by atoms with Crippen LogP contribution in [0.3, 0.4) is 0 Å². The first kappa shape index (κ1) is 23.8. The van der Waals surface area contributed by atoms with Crippen molar-refractivity contribution < 1.29 is 0 Å². The third-order valence-corrected chi connectivity index (χ3v) is 5.66. The van der Waals surface area contributed by atoms with Gasteiger partial charge in [-0.2, -0.15) is 0 Å². The molecule has 1 atom stereocenters. The van der Waals surface area contributed by atoms with Gasteiger partial charge in [-0.1, -0.05) is 30.3 Å². The third kappa shape index (κ3) is 8.15. The van der Waals surface area contributed by atoms with E-state index in [1.165, 1.54) is 10.4 Å². The monoisotopic (exact) mass is 501 g/mol. The minimum atomic E-state index is 0. The van der Waals surface area contributed by atoms with E-state index in [1.807, 2.05) is 0 Å². The van der Waals surface area contributed by atoms with Crippen molar-refractivity contribution in [1.82, 2.24) is 20.5 Å². The molecule has 0 spiro atoms. The van der Waals surface area contributed by atoms with E-state index in [0.29, 0.717) is 12.6 Å². The fourth-order valence-electron chi connectivity index (χ4n) is 2.64. The van der Waals surface area contributed by atoms with Crippen LogP contribution < -0.4 is 10.6 Å².